The number of nitrogens with one attached hydrogen (secondary N) is 1. The Morgan fingerprint density at radius 3 is 2.79 bits per heavy atom. The fourth-order valence-corrected chi connectivity index (χ4v) is 5.66. The molecule has 1 fully saturated rings. The number of benzene rings is 1. The second-order valence-corrected chi connectivity index (χ2v) is 7.44. The number of hydrogen-bond donors (Lipinski definition) is 2. The van der Waals surface area contributed by atoms with Crippen LogP contribution in [0.3, 0.4) is 0 Å². The van der Waals surface area contributed by atoms with Gasteiger partial charge in [-0.05, 0) is 30.5 Å². The number of thioether (sulfide) groups is 2. The maximum atomic E-state index is 13.7. The molecule has 0 spiro atoms. The van der Waals surface area contributed by atoms with Crippen molar-refractivity contribution in [3.05, 3.63) is 35.1 Å². The predicted octanol–water partition coefficient (Wildman–Crippen LogP) is 3.27. The van der Waals surface area contributed by atoms with Gasteiger partial charge in [0, 0.05) is 22.0 Å². The van der Waals surface area contributed by atoms with Crippen molar-refractivity contribution >= 4 is 23.5 Å². The summed E-state index contributed by atoms with van der Waals surface area (Å²) in [4.78, 5) is 0. The average molecular weight is 300 g/mol. The highest BCUT2D eigenvalue weighted by atomic mass is 32.2. The molecule has 2 nitrogen and oxygen atoms in total. The van der Waals surface area contributed by atoms with Gasteiger partial charge in [-0.1, -0.05) is 19.1 Å². The maximum absolute atomic E-state index is 13.7. The topological polar surface area (TPSA) is 38.0 Å². The molecule has 0 bridgehead atoms. The van der Waals surface area contributed by atoms with Gasteiger partial charge in [0.25, 0.3) is 0 Å². The molecule has 19 heavy (non-hydrogen) atoms. The lowest BCUT2D eigenvalue weighted by Gasteiger charge is -2.35. The van der Waals surface area contributed by atoms with Crippen LogP contribution in [0.4, 0.5) is 4.39 Å². The molecule has 1 aromatic rings. The molecule has 2 rings (SSSR count). The molecule has 0 amide bonds. The molecule has 1 aliphatic rings. The molecule has 0 aliphatic carbocycles. The Bertz CT molecular complexity index is 428. The zero-order valence-corrected chi connectivity index (χ0v) is 13.0. The Morgan fingerprint density at radius 2 is 2.16 bits per heavy atom. The zero-order chi connectivity index (χ0) is 13.8. The molecule has 3 unspecified atom stereocenters. The third-order valence-electron chi connectivity index (χ3n) is 3.56. The van der Waals surface area contributed by atoms with E-state index in [9.17, 15) is 4.39 Å². The molecule has 106 valence electrons. The third-order valence-corrected chi connectivity index (χ3v) is 6.91. The summed E-state index contributed by atoms with van der Waals surface area (Å²) in [5, 5.41) is 0.972. The van der Waals surface area contributed by atoms with Gasteiger partial charge in [0.1, 0.15) is 5.82 Å². The number of hydrogen-bond acceptors (Lipinski definition) is 4. The monoisotopic (exact) mass is 300 g/mol. The number of rotatable bonds is 4. The van der Waals surface area contributed by atoms with Crippen molar-refractivity contribution in [1.82, 2.24) is 5.43 Å². The minimum Gasteiger partial charge on any atom is -0.271 e. The second-order valence-electron chi connectivity index (χ2n) is 4.81. The van der Waals surface area contributed by atoms with Crippen molar-refractivity contribution in [3.63, 3.8) is 0 Å². The van der Waals surface area contributed by atoms with Crippen LogP contribution < -0.4 is 11.3 Å². The van der Waals surface area contributed by atoms with Crippen LogP contribution in [0.1, 0.15) is 30.5 Å². The minimum absolute atomic E-state index is 0.0119. The van der Waals surface area contributed by atoms with Gasteiger partial charge in [0.05, 0.1) is 6.04 Å². The van der Waals surface area contributed by atoms with Gasteiger partial charge in [-0.25, -0.2) is 4.39 Å². The standard InChI is InChI=1S/C14H21FN2S2/c1-3-12-14(19-7-6-18-12)13(17-16)10-5-4-9(2)11(15)8-10/h4-5,8,12-14,17H,3,6-7,16H2,1-2H3. The Hall–Kier alpha value is -0.230. The van der Waals surface area contributed by atoms with Gasteiger partial charge in [0.15, 0.2) is 0 Å². The van der Waals surface area contributed by atoms with Crippen molar-refractivity contribution in [3.8, 4) is 0 Å². The molecule has 1 aliphatic heterocycles. The predicted molar refractivity (Wildman–Crippen MR) is 84.0 cm³/mol. The fraction of sp³-hybridized carbons (Fsp3) is 0.571. The third kappa shape index (κ3) is 3.45. The van der Waals surface area contributed by atoms with E-state index in [4.69, 9.17) is 5.84 Å². The summed E-state index contributed by atoms with van der Waals surface area (Å²) in [5.41, 5.74) is 4.52. The van der Waals surface area contributed by atoms with Gasteiger partial charge >= 0.3 is 0 Å². The van der Waals surface area contributed by atoms with Crippen molar-refractivity contribution in [1.29, 1.82) is 0 Å². The first-order valence-corrected chi connectivity index (χ1v) is 8.72. The highest BCUT2D eigenvalue weighted by Crippen LogP contribution is 2.40. The van der Waals surface area contributed by atoms with E-state index in [1.165, 1.54) is 5.75 Å². The fourth-order valence-electron chi connectivity index (χ4n) is 2.43. The number of hydrazine groups is 1. The lowest BCUT2D eigenvalue weighted by Crippen LogP contribution is -2.41. The first-order valence-electron chi connectivity index (χ1n) is 6.62. The normalized spacial score (nSPS) is 25.3. The summed E-state index contributed by atoms with van der Waals surface area (Å²) in [6.45, 7) is 3.99. The summed E-state index contributed by atoms with van der Waals surface area (Å²) >= 11 is 3.95. The Kier molecular flexibility index (Phi) is 5.57. The molecule has 3 N–H and O–H groups in total. The average Bonchev–Trinajstić information content (AvgIpc) is 2.44. The molecule has 1 saturated heterocycles. The van der Waals surface area contributed by atoms with Crippen LogP contribution in [0.5, 0.6) is 0 Å². The highest BCUT2D eigenvalue weighted by molar-refractivity contribution is 8.07. The van der Waals surface area contributed by atoms with Crippen LogP contribution in [0.15, 0.2) is 18.2 Å². The van der Waals surface area contributed by atoms with Crippen molar-refractivity contribution in [2.75, 3.05) is 11.5 Å². The SMILES string of the molecule is CCC1SCCSC1C(NN)c1ccc(C)c(F)c1. The van der Waals surface area contributed by atoms with E-state index in [-0.39, 0.29) is 11.9 Å². The van der Waals surface area contributed by atoms with Crippen molar-refractivity contribution < 1.29 is 4.39 Å². The van der Waals surface area contributed by atoms with E-state index in [0.717, 1.165) is 17.7 Å². The Morgan fingerprint density at radius 1 is 1.42 bits per heavy atom. The molecule has 1 heterocycles. The summed E-state index contributed by atoms with van der Waals surface area (Å²) in [5.74, 6) is 7.92. The number of aryl methyl sites for hydroxylation is 1. The molecule has 5 heteroatoms. The lowest BCUT2D eigenvalue weighted by molar-refractivity contribution is 0.509. The lowest BCUT2D eigenvalue weighted by atomic mass is 9.99. The van der Waals surface area contributed by atoms with Crippen LogP contribution >= 0.6 is 23.5 Å². The summed E-state index contributed by atoms with van der Waals surface area (Å²) in [7, 11) is 0. The summed E-state index contributed by atoms with van der Waals surface area (Å²) in [6, 6.07) is 5.44. The molecular weight excluding hydrogens is 279 g/mol. The minimum atomic E-state index is -0.153. The van der Waals surface area contributed by atoms with E-state index in [0.29, 0.717) is 16.1 Å². The second kappa shape index (κ2) is 6.97. The van der Waals surface area contributed by atoms with E-state index in [2.05, 4.69) is 12.3 Å². The first-order chi connectivity index (χ1) is 9.17. The summed E-state index contributed by atoms with van der Waals surface area (Å²) in [6.07, 6.45) is 1.12. The Balaban J connectivity index is 2.24. The van der Waals surface area contributed by atoms with Gasteiger partial charge < -0.3 is 0 Å². The Labute approximate surface area is 123 Å². The van der Waals surface area contributed by atoms with Gasteiger partial charge in [-0.2, -0.15) is 23.5 Å². The van der Waals surface area contributed by atoms with Crippen LogP contribution in [0.2, 0.25) is 0 Å². The number of nitrogens with two attached hydrogens (primary N) is 1. The maximum Gasteiger partial charge on any atom is 0.126 e. The van der Waals surface area contributed by atoms with Crippen molar-refractivity contribution in [2.45, 2.75) is 36.8 Å². The number of halogens is 1. The van der Waals surface area contributed by atoms with Crippen molar-refractivity contribution in [2.24, 2.45) is 5.84 Å². The molecule has 0 saturated carbocycles. The molecule has 3 atom stereocenters. The molecular formula is C14H21FN2S2. The first kappa shape index (κ1) is 15.2. The van der Waals surface area contributed by atoms with Crippen LogP contribution in [0, 0.1) is 12.7 Å². The van der Waals surface area contributed by atoms with Gasteiger partial charge in [-0.15, -0.1) is 0 Å². The summed E-state index contributed by atoms with van der Waals surface area (Å²) < 4.78 is 13.7. The molecule has 1 aromatic carbocycles. The quantitative estimate of drug-likeness (QED) is 0.661. The largest absolute Gasteiger partial charge is 0.271 e. The van der Waals surface area contributed by atoms with Crippen LogP contribution in [0.25, 0.3) is 0 Å². The van der Waals surface area contributed by atoms with Gasteiger partial charge in [0.2, 0.25) is 0 Å². The van der Waals surface area contributed by atoms with Crippen LogP contribution in [-0.2, 0) is 0 Å². The molecule has 0 aromatic heterocycles. The molecule has 0 radical (unpaired) electrons. The van der Waals surface area contributed by atoms with E-state index < -0.39 is 0 Å². The van der Waals surface area contributed by atoms with E-state index >= 15 is 0 Å². The van der Waals surface area contributed by atoms with E-state index in [1.807, 2.05) is 35.7 Å². The van der Waals surface area contributed by atoms with Crippen LogP contribution in [-0.4, -0.2) is 22.0 Å². The van der Waals surface area contributed by atoms with E-state index in [1.54, 1.807) is 13.0 Å². The zero-order valence-electron chi connectivity index (χ0n) is 11.4. The highest BCUT2D eigenvalue weighted by Gasteiger charge is 2.32. The smallest absolute Gasteiger partial charge is 0.126 e. The van der Waals surface area contributed by atoms with Gasteiger partial charge in [-0.3, -0.25) is 11.3 Å².